The molecule has 5 rings (SSSR count). The van der Waals surface area contributed by atoms with Gasteiger partial charge in [-0.1, -0.05) is 18.2 Å². The van der Waals surface area contributed by atoms with Crippen LogP contribution in [0.1, 0.15) is 31.0 Å². The van der Waals surface area contributed by atoms with E-state index in [1.807, 2.05) is 30.3 Å². The number of carbonyl (C=O) groups excluding carboxylic acids is 2. The van der Waals surface area contributed by atoms with Crippen molar-refractivity contribution in [3.05, 3.63) is 76.7 Å². The van der Waals surface area contributed by atoms with Crippen molar-refractivity contribution in [3.8, 4) is 5.69 Å². The van der Waals surface area contributed by atoms with Crippen LogP contribution in [0.2, 0.25) is 0 Å². The van der Waals surface area contributed by atoms with Crippen LogP contribution in [-0.2, 0) is 16.1 Å². The lowest BCUT2D eigenvalue weighted by atomic mass is 10.1. The number of amides is 2. The molecule has 1 aliphatic carbocycles. The molecule has 1 aromatic heterocycles. The van der Waals surface area contributed by atoms with Gasteiger partial charge in [-0.3, -0.25) is 9.59 Å². The number of benzene rings is 2. The lowest BCUT2D eigenvalue weighted by Gasteiger charge is -2.16. The van der Waals surface area contributed by atoms with E-state index in [2.05, 4.69) is 10.4 Å². The maximum Gasteiger partial charge on any atom is 0.350 e. The predicted octanol–water partition coefficient (Wildman–Crippen LogP) is 2.22. The van der Waals surface area contributed by atoms with Gasteiger partial charge in [-0.25, -0.2) is 18.4 Å². The summed E-state index contributed by atoms with van der Waals surface area (Å²) in [4.78, 5) is 39.5. The van der Waals surface area contributed by atoms with Crippen LogP contribution in [0.5, 0.6) is 0 Å². The van der Waals surface area contributed by atoms with E-state index in [0.29, 0.717) is 5.69 Å². The van der Waals surface area contributed by atoms with Crippen LogP contribution in [0, 0.1) is 11.7 Å². The van der Waals surface area contributed by atoms with Gasteiger partial charge in [0.2, 0.25) is 11.8 Å². The highest BCUT2D eigenvalue weighted by molar-refractivity contribution is 6.00. The normalized spacial score (nSPS) is 18.0. The first-order valence-electron chi connectivity index (χ1n) is 11.1. The molecule has 0 radical (unpaired) electrons. The minimum absolute atomic E-state index is 0.0949. The molecule has 2 aliphatic rings. The number of carbonyl (C=O) groups is 2. The number of rotatable bonds is 7. The summed E-state index contributed by atoms with van der Waals surface area (Å²) >= 11 is 0. The molecule has 1 N–H and O–H groups in total. The fourth-order valence-electron chi connectivity index (χ4n) is 4.18. The van der Waals surface area contributed by atoms with Crippen molar-refractivity contribution < 1.29 is 14.0 Å². The summed E-state index contributed by atoms with van der Waals surface area (Å²) in [6, 6.07) is 15.1. The zero-order chi connectivity index (χ0) is 22.9. The summed E-state index contributed by atoms with van der Waals surface area (Å²) in [5, 5.41) is 7.36. The third-order valence-corrected chi connectivity index (χ3v) is 6.08. The first kappa shape index (κ1) is 21.1. The maximum absolute atomic E-state index is 13.2. The van der Waals surface area contributed by atoms with Crippen molar-refractivity contribution in [2.75, 3.05) is 18.0 Å². The molecule has 1 saturated heterocycles. The number of aromatic nitrogens is 3. The minimum atomic E-state index is -0.497. The molecule has 8 nitrogen and oxygen atoms in total. The van der Waals surface area contributed by atoms with E-state index in [4.69, 9.17) is 0 Å². The van der Waals surface area contributed by atoms with Gasteiger partial charge in [0.25, 0.3) is 0 Å². The Hall–Kier alpha value is -3.75. The zero-order valence-corrected chi connectivity index (χ0v) is 18.0. The Kier molecular flexibility index (Phi) is 5.53. The maximum atomic E-state index is 13.2. The van der Waals surface area contributed by atoms with Crippen molar-refractivity contribution in [1.29, 1.82) is 0 Å². The van der Waals surface area contributed by atoms with E-state index in [9.17, 15) is 18.8 Å². The Bertz CT molecular complexity index is 1230. The molecule has 2 fully saturated rings. The molecule has 33 heavy (non-hydrogen) atoms. The third-order valence-electron chi connectivity index (χ3n) is 6.08. The predicted molar refractivity (Wildman–Crippen MR) is 120 cm³/mol. The molecule has 0 spiro atoms. The number of nitrogens with zero attached hydrogens (tertiary/aromatic N) is 4. The van der Waals surface area contributed by atoms with Gasteiger partial charge in [0.15, 0.2) is 0 Å². The van der Waals surface area contributed by atoms with Crippen LogP contribution in [0.15, 0.2) is 59.4 Å². The van der Waals surface area contributed by atoms with E-state index < -0.39 is 5.92 Å². The van der Waals surface area contributed by atoms with Crippen LogP contribution >= 0.6 is 0 Å². The third kappa shape index (κ3) is 4.30. The second-order valence-corrected chi connectivity index (χ2v) is 8.48. The van der Waals surface area contributed by atoms with Crippen LogP contribution in [0.3, 0.4) is 0 Å². The monoisotopic (exact) mass is 449 g/mol. The van der Waals surface area contributed by atoms with Crippen molar-refractivity contribution in [2.45, 2.75) is 31.7 Å². The molecule has 0 bridgehead atoms. The second-order valence-electron chi connectivity index (χ2n) is 8.48. The standard InChI is InChI=1S/C24H24FN5O3/c25-18-8-10-19(11-9-18)28-15-17(14-21(28)31)23(32)26-12-13-29-24(33)30(20-4-2-1-3-5-20)22(27-29)16-6-7-16/h1-5,8-11,16-17H,6-7,12-15H2,(H,26,32). The molecule has 170 valence electrons. The molecule has 2 aromatic carbocycles. The highest BCUT2D eigenvalue weighted by Crippen LogP contribution is 2.39. The number of para-hydroxylation sites is 1. The summed E-state index contributed by atoms with van der Waals surface area (Å²) in [6.45, 7) is 0.715. The fourth-order valence-corrected chi connectivity index (χ4v) is 4.18. The van der Waals surface area contributed by atoms with Gasteiger partial charge in [-0.05, 0) is 49.2 Å². The highest BCUT2D eigenvalue weighted by Gasteiger charge is 2.35. The van der Waals surface area contributed by atoms with E-state index in [-0.39, 0.29) is 55.3 Å². The molecule has 3 aromatic rings. The molecule has 1 atom stereocenters. The lowest BCUT2D eigenvalue weighted by molar-refractivity contribution is -0.126. The van der Waals surface area contributed by atoms with E-state index in [0.717, 1.165) is 24.4 Å². The fraction of sp³-hybridized carbons (Fsp3) is 0.333. The van der Waals surface area contributed by atoms with Gasteiger partial charge < -0.3 is 10.2 Å². The summed E-state index contributed by atoms with van der Waals surface area (Å²) in [5.74, 6) is -0.248. The lowest BCUT2D eigenvalue weighted by Crippen LogP contribution is -2.36. The average Bonchev–Trinajstić information content (AvgIpc) is 3.52. The van der Waals surface area contributed by atoms with Crippen molar-refractivity contribution >= 4 is 17.5 Å². The Balaban J connectivity index is 1.22. The number of hydrogen-bond donors (Lipinski definition) is 1. The number of nitrogens with one attached hydrogen (secondary N) is 1. The minimum Gasteiger partial charge on any atom is -0.354 e. The van der Waals surface area contributed by atoms with Gasteiger partial charge in [-0.15, -0.1) is 0 Å². The number of anilines is 1. The quantitative estimate of drug-likeness (QED) is 0.599. The van der Waals surface area contributed by atoms with Crippen molar-refractivity contribution in [1.82, 2.24) is 19.7 Å². The van der Waals surface area contributed by atoms with Crippen molar-refractivity contribution in [3.63, 3.8) is 0 Å². The van der Waals surface area contributed by atoms with Gasteiger partial charge in [-0.2, -0.15) is 5.10 Å². The van der Waals surface area contributed by atoms with Gasteiger partial charge in [0, 0.05) is 31.1 Å². The zero-order valence-electron chi connectivity index (χ0n) is 18.0. The SMILES string of the molecule is O=C(NCCn1nc(C2CC2)n(-c2ccccc2)c1=O)C1CC(=O)N(c2ccc(F)cc2)C1. The molecule has 1 saturated carbocycles. The summed E-state index contributed by atoms with van der Waals surface area (Å²) in [5.41, 5.74) is 1.13. The van der Waals surface area contributed by atoms with Gasteiger partial charge >= 0.3 is 5.69 Å². The molecule has 2 amide bonds. The molecule has 9 heteroatoms. The molecule has 1 aliphatic heterocycles. The molecular formula is C24H24FN5O3. The largest absolute Gasteiger partial charge is 0.354 e. The smallest absolute Gasteiger partial charge is 0.350 e. The van der Waals surface area contributed by atoms with Crippen molar-refractivity contribution in [2.24, 2.45) is 5.92 Å². The highest BCUT2D eigenvalue weighted by atomic mass is 19.1. The second kappa shape index (κ2) is 8.65. The molecular weight excluding hydrogens is 425 g/mol. The summed E-state index contributed by atoms with van der Waals surface area (Å²) in [7, 11) is 0. The van der Waals surface area contributed by atoms with E-state index >= 15 is 0 Å². The summed E-state index contributed by atoms with van der Waals surface area (Å²) in [6.07, 6.45) is 2.12. The Morgan fingerprint density at radius 1 is 1.03 bits per heavy atom. The average molecular weight is 449 g/mol. The van der Waals surface area contributed by atoms with E-state index in [1.165, 1.54) is 33.8 Å². The molecule has 1 unspecified atom stereocenters. The van der Waals surface area contributed by atoms with Crippen LogP contribution in [-0.4, -0.2) is 39.3 Å². The van der Waals surface area contributed by atoms with Crippen LogP contribution in [0.25, 0.3) is 5.69 Å². The Labute approximate surface area is 189 Å². The van der Waals surface area contributed by atoms with E-state index in [1.54, 1.807) is 4.57 Å². The van der Waals surface area contributed by atoms with Crippen LogP contribution in [0.4, 0.5) is 10.1 Å². The number of halogens is 1. The van der Waals surface area contributed by atoms with Gasteiger partial charge in [0.05, 0.1) is 18.2 Å². The first-order valence-corrected chi connectivity index (χ1v) is 11.1. The van der Waals surface area contributed by atoms with Crippen LogP contribution < -0.4 is 15.9 Å². The summed E-state index contributed by atoms with van der Waals surface area (Å²) < 4.78 is 16.2. The topological polar surface area (TPSA) is 89.2 Å². The number of hydrogen-bond acceptors (Lipinski definition) is 4. The Morgan fingerprint density at radius 2 is 1.76 bits per heavy atom. The molecule has 2 heterocycles. The first-order chi connectivity index (χ1) is 16.0. The van der Waals surface area contributed by atoms with Gasteiger partial charge in [0.1, 0.15) is 11.6 Å². The Morgan fingerprint density at radius 3 is 2.45 bits per heavy atom.